The number of rotatable bonds is 7. The molecule has 1 aliphatic rings. The second-order valence-corrected chi connectivity index (χ2v) is 9.24. The van der Waals surface area contributed by atoms with Crippen LogP contribution in [0.2, 0.25) is 0 Å². The number of aromatic nitrogens is 2. The first-order valence-electron chi connectivity index (χ1n) is 11.6. The number of carbonyl (C=O) groups excluding carboxylic acids is 1. The van der Waals surface area contributed by atoms with Gasteiger partial charge in [-0.15, -0.1) is 0 Å². The van der Waals surface area contributed by atoms with Crippen molar-refractivity contribution in [1.29, 1.82) is 0 Å². The maximum absolute atomic E-state index is 14.0. The van der Waals surface area contributed by atoms with E-state index in [9.17, 15) is 13.6 Å². The standard InChI is InChI=1S/C27H24F2N4O2S/c28-21-9-5-19(6-10-21)17-25-30-27(36-31-25)35-22-11-7-20(8-12-22)18-26(34)33-15-13-32(14-16-33)24-4-2-1-3-23(24)29/h1-12H,13-18H2. The van der Waals surface area contributed by atoms with Crippen molar-refractivity contribution in [2.45, 2.75) is 12.8 Å². The van der Waals surface area contributed by atoms with E-state index in [0.717, 1.165) is 22.7 Å². The SMILES string of the molecule is O=C(Cc1ccc(Oc2nc(Cc3ccc(F)cc3)ns2)cc1)N1CCN(c2ccccc2F)CC1. The number of halogens is 2. The molecule has 1 amide bonds. The number of carbonyl (C=O) groups is 1. The second kappa shape index (κ2) is 10.8. The molecule has 0 unspecified atom stereocenters. The number of nitrogens with zero attached hydrogens (tertiary/aromatic N) is 4. The van der Waals surface area contributed by atoms with Gasteiger partial charge in [-0.3, -0.25) is 4.79 Å². The number of benzene rings is 3. The highest BCUT2D eigenvalue weighted by Crippen LogP contribution is 2.25. The summed E-state index contributed by atoms with van der Waals surface area (Å²) in [5, 5.41) is 0.420. The number of para-hydroxylation sites is 1. The van der Waals surface area contributed by atoms with Gasteiger partial charge in [-0.1, -0.05) is 36.4 Å². The quantitative estimate of drug-likeness (QED) is 0.350. The van der Waals surface area contributed by atoms with Crippen LogP contribution in [0.15, 0.2) is 72.8 Å². The minimum absolute atomic E-state index is 0.0476. The predicted molar refractivity (Wildman–Crippen MR) is 135 cm³/mol. The largest absolute Gasteiger partial charge is 0.430 e. The van der Waals surface area contributed by atoms with Gasteiger partial charge < -0.3 is 14.5 Å². The third kappa shape index (κ3) is 5.85. The van der Waals surface area contributed by atoms with E-state index in [1.54, 1.807) is 36.4 Å². The molecule has 36 heavy (non-hydrogen) atoms. The summed E-state index contributed by atoms with van der Waals surface area (Å²) in [7, 11) is 0. The van der Waals surface area contributed by atoms with Crippen LogP contribution in [-0.2, 0) is 17.6 Å². The van der Waals surface area contributed by atoms with E-state index in [2.05, 4.69) is 9.36 Å². The van der Waals surface area contributed by atoms with Crippen LogP contribution in [0.4, 0.5) is 14.5 Å². The molecule has 0 spiro atoms. The topological polar surface area (TPSA) is 58.6 Å². The van der Waals surface area contributed by atoms with E-state index < -0.39 is 0 Å². The van der Waals surface area contributed by atoms with E-state index >= 15 is 0 Å². The lowest BCUT2D eigenvalue weighted by Crippen LogP contribution is -2.49. The Morgan fingerprint density at radius 1 is 0.889 bits per heavy atom. The van der Waals surface area contributed by atoms with E-state index in [0.29, 0.717) is 61.5 Å². The highest BCUT2D eigenvalue weighted by Gasteiger charge is 2.22. The molecule has 0 aliphatic carbocycles. The molecule has 3 aromatic carbocycles. The van der Waals surface area contributed by atoms with Gasteiger partial charge >= 0.3 is 0 Å². The van der Waals surface area contributed by atoms with Gasteiger partial charge in [-0.05, 0) is 47.5 Å². The summed E-state index contributed by atoms with van der Waals surface area (Å²) < 4.78 is 37.2. The summed E-state index contributed by atoms with van der Waals surface area (Å²) in [5.41, 5.74) is 2.39. The van der Waals surface area contributed by atoms with Crippen molar-refractivity contribution < 1.29 is 18.3 Å². The molecule has 0 radical (unpaired) electrons. The number of hydrogen-bond donors (Lipinski definition) is 0. The molecule has 2 heterocycles. The molecule has 184 valence electrons. The van der Waals surface area contributed by atoms with Crippen LogP contribution in [0.5, 0.6) is 10.9 Å². The van der Waals surface area contributed by atoms with Crippen LogP contribution < -0.4 is 9.64 Å². The molecule has 1 fully saturated rings. The van der Waals surface area contributed by atoms with Gasteiger partial charge in [0.25, 0.3) is 5.19 Å². The molecule has 1 aliphatic heterocycles. The summed E-state index contributed by atoms with van der Waals surface area (Å²) in [6.07, 6.45) is 0.788. The third-order valence-corrected chi connectivity index (χ3v) is 6.67. The van der Waals surface area contributed by atoms with Crippen LogP contribution >= 0.6 is 11.5 Å². The lowest BCUT2D eigenvalue weighted by molar-refractivity contribution is -0.130. The Morgan fingerprint density at radius 2 is 1.58 bits per heavy atom. The zero-order valence-electron chi connectivity index (χ0n) is 19.4. The van der Waals surface area contributed by atoms with Gasteiger partial charge in [-0.2, -0.15) is 9.36 Å². The lowest BCUT2D eigenvalue weighted by Gasteiger charge is -2.36. The van der Waals surface area contributed by atoms with Crippen LogP contribution in [0.1, 0.15) is 17.0 Å². The van der Waals surface area contributed by atoms with Crippen LogP contribution in [-0.4, -0.2) is 46.3 Å². The Kier molecular flexibility index (Phi) is 7.18. The van der Waals surface area contributed by atoms with Crippen LogP contribution in [0.25, 0.3) is 0 Å². The van der Waals surface area contributed by atoms with Crippen molar-refractivity contribution >= 4 is 23.1 Å². The van der Waals surface area contributed by atoms with E-state index in [1.807, 2.05) is 28.0 Å². The van der Waals surface area contributed by atoms with Crippen molar-refractivity contribution in [2.75, 3.05) is 31.1 Å². The fourth-order valence-electron chi connectivity index (χ4n) is 4.10. The van der Waals surface area contributed by atoms with Crippen molar-refractivity contribution in [2.24, 2.45) is 0 Å². The highest BCUT2D eigenvalue weighted by molar-refractivity contribution is 7.07. The van der Waals surface area contributed by atoms with Crippen LogP contribution in [0, 0.1) is 11.6 Å². The normalized spacial score (nSPS) is 13.6. The average molecular weight is 507 g/mol. The van der Waals surface area contributed by atoms with Crippen molar-refractivity contribution in [1.82, 2.24) is 14.3 Å². The van der Waals surface area contributed by atoms with E-state index in [1.165, 1.54) is 18.2 Å². The molecule has 1 aromatic heterocycles. The summed E-state index contributed by atoms with van der Waals surface area (Å²) in [6.45, 7) is 2.33. The maximum Gasteiger partial charge on any atom is 0.298 e. The lowest BCUT2D eigenvalue weighted by atomic mass is 10.1. The zero-order chi connectivity index (χ0) is 24.9. The van der Waals surface area contributed by atoms with Crippen LogP contribution in [0.3, 0.4) is 0 Å². The Balaban J connectivity index is 1.11. The molecule has 0 saturated carbocycles. The minimum Gasteiger partial charge on any atom is -0.430 e. The predicted octanol–water partition coefficient (Wildman–Crippen LogP) is 5.09. The van der Waals surface area contributed by atoms with Gasteiger partial charge in [-0.25, -0.2) is 8.78 Å². The van der Waals surface area contributed by atoms with E-state index in [4.69, 9.17) is 4.74 Å². The molecule has 4 aromatic rings. The fourth-order valence-corrected chi connectivity index (χ4v) is 4.67. The molecule has 6 nitrogen and oxygen atoms in total. The third-order valence-electron chi connectivity index (χ3n) is 6.03. The van der Waals surface area contributed by atoms with Gasteiger partial charge in [0.2, 0.25) is 5.91 Å². The summed E-state index contributed by atoms with van der Waals surface area (Å²) in [6, 6.07) is 20.3. The number of amides is 1. The highest BCUT2D eigenvalue weighted by atomic mass is 32.1. The van der Waals surface area contributed by atoms with Gasteiger partial charge in [0.15, 0.2) is 5.82 Å². The summed E-state index contributed by atoms with van der Waals surface area (Å²) >= 11 is 1.15. The number of ether oxygens (including phenoxy) is 1. The first-order chi connectivity index (χ1) is 17.5. The van der Waals surface area contributed by atoms with Crippen molar-refractivity contribution in [3.05, 3.63) is 101 Å². The fraction of sp³-hybridized carbons (Fsp3) is 0.222. The average Bonchev–Trinajstić information content (AvgIpc) is 3.33. The molecule has 0 atom stereocenters. The molecular formula is C27H24F2N4O2S. The van der Waals surface area contributed by atoms with Gasteiger partial charge in [0.05, 0.1) is 12.1 Å². The number of piperazine rings is 1. The molecular weight excluding hydrogens is 482 g/mol. The first-order valence-corrected chi connectivity index (χ1v) is 12.4. The zero-order valence-corrected chi connectivity index (χ0v) is 20.3. The maximum atomic E-state index is 14.0. The summed E-state index contributed by atoms with van der Waals surface area (Å²) in [5.74, 6) is 0.748. The van der Waals surface area contributed by atoms with Gasteiger partial charge in [0.1, 0.15) is 17.4 Å². The van der Waals surface area contributed by atoms with Crippen molar-refractivity contribution in [3.8, 4) is 10.9 Å². The number of hydrogen-bond acceptors (Lipinski definition) is 6. The molecule has 0 N–H and O–H groups in total. The number of anilines is 1. The van der Waals surface area contributed by atoms with Crippen molar-refractivity contribution in [3.63, 3.8) is 0 Å². The Labute approximate surface area is 211 Å². The Hall–Kier alpha value is -3.85. The molecule has 0 bridgehead atoms. The minimum atomic E-state index is -0.276. The Bertz CT molecular complexity index is 1320. The monoisotopic (exact) mass is 506 g/mol. The first kappa shape index (κ1) is 23.9. The molecule has 9 heteroatoms. The Morgan fingerprint density at radius 3 is 2.31 bits per heavy atom. The summed E-state index contributed by atoms with van der Waals surface area (Å²) in [4.78, 5) is 21.0. The van der Waals surface area contributed by atoms with E-state index in [-0.39, 0.29) is 17.5 Å². The smallest absolute Gasteiger partial charge is 0.298 e. The second-order valence-electron chi connectivity index (χ2n) is 8.52. The molecule has 1 saturated heterocycles. The van der Waals surface area contributed by atoms with Gasteiger partial charge in [0, 0.05) is 44.1 Å². The molecule has 5 rings (SSSR count).